The Bertz CT molecular complexity index is 939. The molecule has 1 fully saturated rings. The fourth-order valence-corrected chi connectivity index (χ4v) is 3.63. The van der Waals surface area contributed by atoms with Crippen LogP contribution < -0.4 is 10.0 Å². The number of carbonyl (C=O) groups excluding carboxylic acids is 2. The summed E-state index contributed by atoms with van der Waals surface area (Å²) >= 11 is 5.76. The molecule has 2 aromatic rings. The van der Waals surface area contributed by atoms with Crippen LogP contribution in [0.3, 0.4) is 0 Å². The highest BCUT2D eigenvalue weighted by molar-refractivity contribution is 7.89. The van der Waals surface area contributed by atoms with Crippen LogP contribution in [0.25, 0.3) is 0 Å². The van der Waals surface area contributed by atoms with E-state index in [1.165, 1.54) is 24.3 Å². The van der Waals surface area contributed by atoms with Crippen molar-refractivity contribution in [1.82, 2.24) is 4.72 Å². The van der Waals surface area contributed by atoms with Crippen LogP contribution in [0.1, 0.15) is 23.2 Å². The van der Waals surface area contributed by atoms with E-state index in [4.69, 9.17) is 16.3 Å². The zero-order chi connectivity index (χ0) is 19.4. The first kappa shape index (κ1) is 19.3. The molecule has 0 radical (unpaired) electrons. The number of amides is 1. The highest BCUT2D eigenvalue weighted by atomic mass is 35.5. The number of rotatable bonds is 7. The molecule has 1 aliphatic carbocycles. The van der Waals surface area contributed by atoms with Crippen molar-refractivity contribution in [3.05, 3.63) is 59.1 Å². The summed E-state index contributed by atoms with van der Waals surface area (Å²) in [5.74, 6) is -1.22. The molecule has 0 bridgehead atoms. The maximum absolute atomic E-state index is 12.1. The van der Waals surface area contributed by atoms with Crippen molar-refractivity contribution < 1.29 is 22.7 Å². The fraction of sp³-hybridized carbons (Fsp3) is 0.222. The monoisotopic (exact) mass is 408 g/mol. The molecule has 1 aliphatic rings. The van der Waals surface area contributed by atoms with Gasteiger partial charge in [0.2, 0.25) is 10.0 Å². The Kier molecular flexibility index (Phi) is 5.79. The van der Waals surface area contributed by atoms with Crippen molar-refractivity contribution in [1.29, 1.82) is 0 Å². The summed E-state index contributed by atoms with van der Waals surface area (Å²) in [4.78, 5) is 23.9. The van der Waals surface area contributed by atoms with Crippen molar-refractivity contribution in [3.63, 3.8) is 0 Å². The van der Waals surface area contributed by atoms with Gasteiger partial charge in [-0.1, -0.05) is 11.6 Å². The number of benzene rings is 2. The first-order valence-corrected chi connectivity index (χ1v) is 10.0. The number of halogens is 1. The average molecular weight is 409 g/mol. The van der Waals surface area contributed by atoms with Crippen LogP contribution in [0.5, 0.6) is 0 Å². The van der Waals surface area contributed by atoms with E-state index < -0.39 is 28.5 Å². The molecule has 1 amide bonds. The van der Waals surface area contributed by atoms with Crippen LogP contribution in [-0.2, 0) is 19.6 Å². The molecule has 0 saturated heterocycles. The normalized spacial score (nSPS) is 13.8. The summed E-state index contributed by atoms with van der Waals surface area (Å²) in [6.45, 7) is -0.468. The third-order valence-corrected chi connectivity index (χ3v) is 5.55. The van der Waals surface area contributed by atoms with Gasteiger partial charge < -0.3 is 10.1 Å². The van der Waals surface area contributed by atoms with E-state index in [-0.39, 0.29) is 16.5 Å². The summed E-state index contributed by atoms with van der Waals surface area (Å²) in [7, 11) is -3.58. The molecule has 3 rings (SSSR count). The lowest BCUT2D eigenvalue weighted by Gasteiger charge is -2.08. The van der Waals surface area contributed by atoms with E-state index in [9.17, 15) is 18.0 Å². The van der Waals surface area contributed by atoms with Crippen LogP contribution in [0, 0.1) is 0 Å². The van der Waals surface area contributed by atoms with Gasteiger partial charge >= 0.3 is 5.97 Å². The molecule has 9 heteroatoms. The topological polar surface area (TPSA) is 102 Å². The molecule has 0 aromatic heterocycles. The van der Waals surface area contributed by atoms with Gasteiger partial charge in [0.05, 0.1) is 10.5 Å². The van der Waals surface area contributed by atoms with Gasteiger partial charge in [-0.3, -0.25) is 4.79 Å². The van der Waals surface area contributed by atoms with Crippen LogP contribution in [0.15, 0.2) is 53.4 Å². The lowest BCUT2D eigenvalue weighted by Crippen LogP contribution is -2.25. The SMILES string of the molecule is O=C(COC(=O)c1ccc(S(=O)(=O)NC2CC2)cc1)Nc1ccc(Cl)cc1. The molecule has 0 atom stereocenters. The zero-order valence-corrected chi connectivity index (χ0v) is 15.7. The summed E-state index contributed by atoms with van der Waals surface area (Å²) in [5, 5.41) is 3.11. The Balaban J connectivity index is 1.53. The van der Waals surface area contributed by atoms with Gasteiger partial charge in [0.25, 0.3) is 5.91 Å². The number of sulfonamides is 1. The molecular formula is C18H17ClN2O5S. The van der Waals surface area contributed by atoms with Crippen molar-refractivity contribution >= 4 is 39.2 Å². The average Bonchev–Trinajstić information content (AvgIpc) is 3.45. The van der Waals surface area contributed by atoms with Crippen molar-refractivity contribution in [3.8, 4) is 0 Å². The minimum atomic E-state index is -3.58. The van der Waals surface area contributed by atoms with E-state index >= 15 is 0 Å². The molecule has 0 unspecified atom stereocenters. The molecule has 2 aromatic carbocycles. The molecule has 1 saturated carbocycles. The summed E-state index contributed by atoms with van der Waals surface area (Å²) in [5.41, 5.74) is 0.679. The molecule has 7 nitrogen and oxygen atoms in total. The number of ether oxygens (including phenoxy) is 1. The van der Waals surface area contributed by atoms with Crippen LogP contribution in [0.4, 0.5) is 5.69 Å². The molecule has 0 heterocycles. The predicted octanol–water partition coefficient (Wildman–Crippen LogP) is 2.58. The van der Waals surface area contributed by atoms with E-state index in [1.54, 1.807) is 24.3 Å². The first-order chi connectivity index (χ1) is 12.8. The van der Waals surface area contributed by atoms with Gasteiger partial charge in [-0.25, -0.2) is 17.9 Å². The Morgan fingerprint density at radius 1 is 1.04 bits per heavy atom. The molecule has 27 heavy (non-hydrogen) atoms. The second kappa shape index (κ2) is 8.08. The van der Waals surface area contributed by atoms with Gasteiger partial charge in [-0.05, 0) is 61.4 Å². The smallest absolute Gasteiger partial charge is 0.338 e. The quantitative estimate of drug-likeness (QED) is 0.685. The lowest BCUT2D eigenvalue weighted by atomic mass is 10.2. The number of hydrogen-bond acceptors (Lipinski definition) is 5. The van der Waals surface area contributed by atoms with Crippen molar-refractivity contribution in [2.75, 3.05) is 11.9 Å². The third-order valence-electron chi connectivity index (χ3n) is 3.76. The molecule has 0 spiro atoms. The highest BCUT2D eigenvalue weighted by Crippen LogP contribution is 2.22. The molecular weight excluding hydrogens is 392 g/mol. The summed E-state index contributed by atoms with van der Waals surface area (Å²) in [6, 6.07) is 11.8. The Labute approximate surface area is 161 Å². The van der Waals surface area contributed by atoms with Gasteiger partial charge in [0.1, 0.15) is 0 Å². The van der Waals surface area contributed by atoms with Crippen LogP contribution in [0.2, 0.25) is 5.02 Å². The van der Waals surface area contributed by atoms with Gasteiger partial charge in [0, 0.05) is 16.8 Å². The lowest BCUT2D eigenvalue weighted by molar-refractivity contribution is -0.119. The number of hydrogen-bond donors (Lipinski definition) is 2. The third kappa shape index (κ3) is 5.53. The summed E-state index contributed by atoms with van der Waals surface area (Å²) < 4.78 is 31.7. The maximum atomic E-state index is 12.1. The minimum absolute atomic E-state index is 0.00112. The van der Waals surface area contributed by atoms with E-state index in [0.29, 0.717) is 10.7 Å². The van der Waals surface area contributed by atoms with Gasteiger partial charge in [0.15, 0.2) is 6.61 Å². The van der Waals surface area contributed by atoms with Crippen molar-refractivity contribution in [2.45, 2.75) is 23.8 Å². The largest absolute Gasteiger partial charge is 0.452 e. The zero-order valence-electron chi connectivity index (χ0n) is 14.1. The second-order valence-corrected chi connectivity index (χ2v) is 8.20. The number of nitrogens with one attached hydrogen (secondary N) is 2. The Morgan fingerprint density at radius 2 is 1.67 bits per heavy atom. The van der Waals surface area contributed by atoms with Crippen molar-refractivity contribution in [2.24, 2.45) is 0 Å². The number of carbonyl (C=O) groups is 2. The van der Waals surface area contributed by atoms with Crippen LogP contribution in [-0.4, -0.2) is 32.9 Å². The first-order valence-electron chi connectivity index (χ1n) is 8.18. The number of anilines is 1. The molecule has 0 aliphatic heterocycles. The molecule has 142 valence electrons. The summed E-state index contributed by atoms with van der Waals surface area (Å²) in [6.07, 6.45) is 1.67. The van der Waals surface area contributed by atoms with E-state index in [0.717, 1.165) is 12.8 Å². The van der Waals surface area contributed by atoms with Gasteiger partial charge in [-0.2, -0.15) is 0 Å². The Morgan fingerprint density at radius 3 is 2.26 bits per heavy atom. The fourth-order valence-electron chi connectivity index (χ4n) is 2.20. The second-order valence-electron chi connectivity index (χ2n) is 6.05. The van der Waals surface area contributed by atoms with E-state index in [1.807, 2.05) is 0 Å². The standard InChI is InChI=1S/C18H17ClN2O5S/c19-13-3-5-14(6-4-13)20-17(22)11-26-18(23)12-1-9-16(10-2-12)27(24,25)21-15-7-8-15/h1-6,9-10,15,21H,7-8,11H2,(H,20,22). The number of esters is 1. The van der Waals surface area contributed by atoms with Gasteiger partial charge in [-0.15, -0.1) is 0 Å². The predicted molar refractivity (Wildman–Crippen MR) is 100 cm³/mol. The minimum Gasteiger partial charge on any atom is -0.452 e. The molecule has 2 N–H and O–H groups in total. The maximum Gasteiger partial charge on any atom is 0.338 e. The van der Waals surface area contributed by atoms with E-state index in [2.05, 4.69) is 10.0 Å². The van der Waals surface area contributed by atoms with Crippen LogP contribution >= 0.6 is 11.6 Å². The highest BCUT2D eigenvalue weighted by Gasteiger charge is 2.28. The Hall–Kier alpha value is -2.42.